The first-order valence-electron chi connectivity index (χ1n) is 6.56. The summed E-state index contributed by atoms with van der Waals surface area (Å²) in [7, 11) is 0. The number of amidine groups is 1. The van der Waals surface area contributed by atoms with Gasteiger partial charge < -0.3 is 9.84 Å². The van der Waals surface area contributed by atoms with Crippen molar-refractivity contribution in [1.82, 2.24) is 5.32 Å². The molecule has 0 aromatic heterocycles. The molecule has 0 spiro atoms. The normalized spacial score (nSPS) is 24.5. The first kappa shape index (κ1) is 16.6. The molecule has 2 unspecified atom stereocenters. The Labute approximate surface area is 131 Å². The molecule has 22 heavy (non-hydrogen) atoms. The van der Waals surface area contributed by atoms with Gasteiger partial charge >= 0.3 is 6.61 Å². The molecule has 0 aliphatic carbocycles. The Morgan fingerprint density at radius 1 is 1.50 bits per heavy atom. The lowest BCUT2D eigenvalue weighted by Crippen LogP contribution is -2.46. The van der Waals surface area contributed by atoms with Crippen molar-refractivity contribution in [3.63, 3.8) is 0 Å². The number of benzene rings is 1. The lowest BCUT2D eigenvalue weighted by molar-refractivity contribution is -0.0512. The van der Waals surface area contributed by atoms with Gasteiger partial charge in [-0.1, -0.05) is 6.07 Å². The molecule has 0 radical (unpaired) electrons. The summed E-state index contributed by atoms with van der Waals surface area (Å²) in [6, 6.07) is 4.23. The van der Waals surface area contributed by atoms with E-state index in [-0.39, 0.29) is 11.5 Å². The van der Waals surface area contributed by atoms with Gasteiger partial charge in [0.2, 0.25) is 0 Å². The molecule has 2 rings (SSSR count). The highest BCUT2D eigenvalue weighted by Gasteiger charge is 2.32. The molecule has 1 aliphatic rings. The number of ether oxygens (including phenoxy) is 1. The quantitative estimate of drug-likeness (QED) is 0.815. The van der Waals surface area contributed by atoms with Gasteiger partial charge in [0.25, 0.3) is 0 Å². The maximum atomic E-state index is 12.3. The summed E-state index contributed by atoms with van der Waals surface area (Å²) in [5.74, 6) is -0.0132. The molecule has 1 aliphatic heterocycles. The van der Waals surface area contributed by atoms with Crippen LogP contribution < -0.4 is 10.1 Å². The third-order valence-electron chi connectivity index (χ3n) is 3.09. The smallest absolute Gasteiger partial charge is 0.387 e. The highest BCUT2D eigenvalue weighted by atomic mass is 35.5. The minimum Gasteiger partial charge on any atom is -0.504 e. The van der Waals surface area contributed by atoms with Crippen LogP contribution in [0.15, 0.2) is 28.2 Å². The molecule has 2 atom stereocenters. The number of rotatable bonds is 5. The fraction of sp³-hybridized carbons (Fsp3) is 0.429. The second-order valence-corrected chi connectivity index (χ2v) is 5.86. The second-order valence-electron chi connectivity index (χ2n) is 5.05. The molecule has 1 aromatic carbocycles. The van der Waals surface area contributed by atoms with Crippen molar-refractivity contribution in [3.8, 4) is 11.5 Å². The van der Waals surface area contributed by atoms with Crippen molar-refractivity contribution >= 4 is 23.7 Å². The van der Waals surface area contributed by atoms with E-state index in [4.69, 9.17) is 11.6 Å². The molecule has 0 saturated carbocycles. The predicted octanol–water partition coefficient (Wildman–Crippen LogP) is 2.91. The van der Waals surface area contributed by atoms with Crippen LogP contribution in [0.2, 0.25) is 0 Å². The number of aliphatic imine (C=N–C) groups is 2. The van der Waals surface area contributed by atoms with Crippen LogP contribution in [-0.2, 0) is 6.54 Å². The van der Waals surface area contributed by atoms with Crippen molar-refractivity contribution in [2.24, 2.45) is 9.98 Å². The molecular weight excluding hydrogens is 316 g/mol. The van der Waals surface area contributed by atoms with Gasteiger partial charge in [-0.3, -0.25) is 5.32 Å². The van der Waals surface area contributed by atoms with Gasteiger partial charge in [0, 0.05) is 12.8 Å². The van der Waals surface area contributed by atoms with Crippen LogP contribution in [-0.4, -0.2) is 34.8 Å². The zero-order valence-corrected chi connectivity index (χ0v) is 12.8. The van der Waals surface area contributed by atoms with E-state index < -0.39 is 17.7 Å². The Balaban J connectivity index is 2.07. The van der Waals surface area contributed by atoms with Crippen molar-refractivity contribution in [2.45, 2.75) is 38.0 Å². The summed E-state index contributed by atoms with van der Waals surface area (Å²) >= 11 is 6.31. The average molecular weight is 332 g/mol. The molecule has 8 heteroatoms. The third-order valence-corrected chi connectivity index (χ3v) is 3.40. The SMILES string of the molecule is CC1=NC(NCc2ccc(O)c(OC(F)F)c2)C(C)(Cl)C=N1. The van der Waals surface area contributed by atoms with Crippen LogP contribution in [0.4, 0.5) is 8.78 Å². The molecule has 0 saturated heterocycles. The topological polar surface area (TPSA) is 66.2 Å². The number of phenolic OH excluding ortho intramolecular Hbond substituents is 1. The molecule has 1 heterocycles. The summed E-state index contributed by atoms with van der Waals surface area (Å²) in [5.41, 5.74) is 0.649. The Morgan fingerprint density at radius 2 is 2.23 bits per heavy atom. The van der Waals surface area contributed by atoms with Crippen LogP contribution in [0.1, 0.15) is 19.4 Å². The number of nitrogens with zero attached hydrogens (tertiary/aromatic N) is 2. The number of hydrogen-bond donors (Lipinski definition) is 2. The summed E-state index contributed by atoms with van der Waals surface area (Å²) in [4.78, 5) is 7.60. The summed E-state index contributed by atoms with van der Waals surface area (Å²) < 4.78 is 28.8. The fourth-order valence-corrected chi connectivity index (χ4v) is 2.13. The predicted molar refractivity (Wildman–Crippen MR) is 81.2 cm³/mol. The van der Waals surface area contributed by atoms with Gasteiger partial charge in [-0.05, 0) is 31.5 Å². The van der Waals surface area contributed by atoms with Gasteiger partial charge in [-0.2, -0.15) is 8.78 Å². The van der Waals surface area contributed by atoms with E-state index in [1.807, 2.05) is 0 Å². The Morgan fingerprint density at radius 3 is 2.91 bits per heavy atom. The standard InChI is InChI=1S/C14H16ClF2N3O2/c1-8-19-7-14(2,15)12(20-8)18-6-9-3-4-10(21)11(5-9)22-13(16)17/h3-5,7,12-13,18,21H,6H2,1-2H3. The van der Waals surface area contributed by atoms with Crippen LogP contribution in [0.5, 0.6) is 11.5 Å². The number of nitrogens with one attached hydrogen (secondary N) is 1. The van der Waals surface area contributed by atoms with Crippen molar-refractivity contribution < 1.29 is 18.6 Å². The van der Waals surface area contributed by atoms with Crippen LogP contribution in [0, 0.1) is 0 Å². The van der Waals surface area contributed by atoms with Crippen molar-refractivity contribution in [1.29, 1.82) is 0 Å². The third kappa shape index (κ3) is 4.14. The molecular formula is C14H16ClF2N3O2. The summed E-state index contributed by atoms with van der Waals surface area (Å²) in [6.07, 6.45) is 1.21. The lowest BCUT2D eigenvalue weighted by atomic mass is 10.1. The van der Waals surface area contributed by atoms with E-state index >= 15 is 0 Å². The molecule has 1 aromatic rings. The van der Waals surface area contributed by atoms with Crippen LogP contribution >= 0.6 is 11.6 Å². The highest BCUT2D eigenvalue weighted by Crippen LogP contribution is 2.29. The molecule has 0 bridgehead atoms. The average Bonchev–Trinajstić information content (AvgIpc) is 2.42. The molecule has 0 amide bonds. The van der Waals surface area contributed by atoms with Crippen molar-refractivity contribution in [3.05, 3.63) is 23.8 Å². The van der Waals surface area contributed by atoms with Gasteiger partial charge in [-0.15, -0.1) is 11.6 Å². The van der Waals surface area contributed by atoms with Crippen LogP contribution in [0.3, 0.4) is 0 Å². The number of alkyl halides is 3. The van der Waals surface area contributed by atoms with E-state index in [1.165, 1.54) is 12.1 Å². The van der Waals surface area contributed by atoms with Crippen molar-refractivity contribution in [2.75, 3.05) is 0 Å². The zero-order valence-electron chi connectivity index (χ0n) is 12.1. The van der Waals surface area contributed by atoms with Gasteiger partial charge in [-0.25, -0.2) is 9.98 Å². The Kier molecular flexibility index (Phi) is 4.97. The summed E-state index contributed by atoms with van der Waals surface area (Å²) in [5, 5.41) is 12.6. The second kappa shape index (κ2) is 6.58. The first-order chi connectivity index (χ1) is 10.3. The minimum absolute atomic E-state index is 0.271. The maximum Gasteiger partial charge on any atom is 0.387 e. The molecule has 2 N–H and O–H groups in total. The number of aromatic hydroxyl groups is 1. The van der Waals surface area contributed by atoms with E-state index in [1.54, 1.807) is 26.1 Å². The maximum absolute atomic E-state index is 12.3. The number of halogens is 3. The lowest BCUT2D eigenvalue weighted by Gasteiger charge is -2.29. The monoisotopic (exact) mass is 331 g/mol. The van der Waals surface area contributed by atoms with E-state index in [2.05, 4.69) is 20.0 Å². The van der Waals surface area contributed by atoms with E-state index in [0.29, 0.717) is 17.9 Å². The Bertz CT molecular complexity index is 606. The number of hydrogen-bond acceptors (Lipinski definition) is 5. The largest absolute Gasteiger partial charge is 0.504 e. The zero-order chi connectivity index (χ0) is 16.3. The Hall–Kier alpha value is -1.73. The van der Waals surface area contributed by atoms with Gasteiger partial charge in [0.15, 0.2) is 11.5 Å². The first-order valence-corrected chi connectivity index (χ1v) is 6.94. The minimum atomic E-state index is -3.00. The van der Waals surface area contributed by atoms with Gasteiger partial charge in [0.1, 0.15) is 16.9 Å². The fourth-order valence-electron chi connectivity index (χ4n) is 1.96. The van der Waals surface area contributed by atoms with Gasteiger partial charge in [0.05, 0.1) is 0 Å². The molecule has 120 valence electrons. The number of phenols is 1. The summed E-state index contributed by atoms with van der Waals surface area (Å²) in [6.45, 7) is 0.847. The van der Waals surface area contributed by atoms with E-state index in [9.17, 15) is 13.9 Å². The molecule has 0 fully saturated rings. The van der Waals surface area contributed by atoms with Crippen LogP contribution in [0.25, 0.3) is 0 Å². The molecule has 5 nitrogen and oxygen atoms in total. The van der Waals surface area contributed by atoms with E-state index in [0.717, 1.165) is 0 Å². The highest BCUT2D eigenvalue weighted by molar-refractivity contribution is 6.33.